The molecular formula is C18H25NO4. The average molecular weight is 319 g/mol. The molecule has 1 atom stereocenters. The number of hydrogen-bond donors (Lipinski definition) is 1. The molecule has 0 radical (unpaired) electrons. The molecule has 0 saturated carbocycles. The van der Waals surface area contributed by atoms with Gasteiger partial charge in [0, 0.05) is 25.2 Å². The minimum atomic E-state index is -0.660. The van der Waals surface area contributed by atoms with Gasteiger partial charge in [0.15, 0.2) is 17.3 Å². The van der Waals surface area contributed by atoms with Crippen LogP contribution in [0.5, 0.6) is 11.5 Å². The number of aliphatic hydroxyl groups excluding tert-OH is 1. The van der Waals surface area contributed by atoms with Crippen LogP contribution in [0.25, 0.3) is 0 Å². The van der Waals surface area contributed by atoms with Crippen molar-refractivity contribution < 1.29 is 19.4 Å². The topological polar surface area (TPSA) is 59.0 Å². The zero-order valence-corrected chi connectivity index (χ0v) is 13.8. The molecule has 0 aliphatic heterocycles. The smallest absolute Gasteiger partial charge is 0.161 e. The number of ketones is 1. The van der Waals surface area contributed by atoms with Crippen LogP contribution in [-0.2, 0) is 0 Å². The van der Waals surface area contributed by atoms with Crippen LogP contribution in [0.3, 0.4) is 0 Å². The molecule has 5 heteroatoms. The third-order valence-electron chi connectivity index (χ3n) is 3.24. The summed E-state index contributed by atoms with van der Waals surface area (Å²) < 4.78 is 10.8. The lowest BCUT2D eigenvalue weighted by Gasteiger charge is -2.22. The number of aliphatic hydroxyl groups is 1. The van der Waals surface area contributed by atoms with E-state index in [1.54, 1.807) is 30.4 Å². The fourth-order valence-electron chi connectivity index (χ4n) is 2.13. The Kier molecular flexibility index (Phi) is 8.08. The van der Waals surface area contributed by atoms with Gasteiger partial charge in [-0.1, -0.05) is 12.2 Å². The molecule has 126 valence electrons. The van der Waals surface area contributed by atoms with Gasteiger partial charge in [0.2, 0.25) is 0 Å². The predicted octanol–water partition coefficient (Wildman–Crippen LogP) is 2.31. The van der Waals surface area contributed by atoms with Crippen LogP contribution >= 0.6 is 0 Å². The Labute approximate surface area is 137 Å². The largest absolute Gasteiger partial charge is 0.493 e. The number of nitrogens with zero attached hydrogens (tertiary/aromatic N) is 1. The third kappa shape index (κ3) is 6.26. The number of Topliss-reactive ketones (excluding diaryl/α,β-unsaturated/α-hetero) is 1. The lowest BCUT2D eigenvalue weighted by molar-refractivity contribution is 0.0743. The Morgan fingerprint density at radius 3 is 2.48 bits per heavy atom. The highest BCUT2D eigenvalue weighted by Gasteiger charge is 2.13. The number of benzene rings is 1. The van der Waals surface area contributed by atoms with E-state index in [1.165, 1.54) is 14.0 Å². The normalized spacial score (nSPS) is 11.8. The van der Waals surface area contributed by atoms with E-state index >= 15 is 0 Å². The third-order valence-corrected chi connectivity index (χ3v) is 3.24. The zero-order chi connectivity index (χ0) is 17.2. The second kappa shape index (κ2) is 9.82. The second-order valence-electron chi connectivity index (χ2n) is 5.18. The van der Waals surface area contributed by atoms with Gasteiger partial charge in [-0.2, -0.15) is 0 Å². The molecule has 1 N–H and O–H groups in total. The van der Waals surface area contributed by atoms with Crippen LogP contribution in [-0.4, -0.2) is 55.2 Å². The van der Waals surface area contributed by atoms with Gasteiger partial charge in [-0.15, -0.1) is 13.2 Å². The number of hydrogen-bond acceptors (Lipinski definition) is 5. The molecule has 0 bridgehead atoms. The highest BCUT2D eigenvalue weighted by atomic mass is 16.5. The van der Waals surface area contributed by atoms with Gasteiger partial charge in [0.1, 0.15) is 12.7 Å². The molecule has 0 heterocycles. The molecule has 0 aliphatic rings. The predicted molar refractivity (Wildman–Crippen MR) is 91.3 cm³/mol. The van der Waals surface area contributed by atoms with Gasteiger partial charge in [-0.25, -0.2) is 0 Å². The maximum Gasteiger partial charge on any atom is 0.161 e. The number of carbonyl (C=O) groups excluding carboxylic acids is 1. The van der Waals surface area contributed by atoms with E-state index in [0.717, 1.165) is 0 Å². The Morgan fingerprint density at radius 1 is 1.30 bits per heavy atom. The second-order valence-corrected chi connectivity index (χ2v) is 5.18. The fourth-order valence-corrected chi connectivity index (χ4v) is 2.13. The summed E-state index contributed by atoms with van der Waals surface area (Å²) in [5.41, 5.74) is 0.554. The summed E-state index contributed by atoms with van der Waals surface area (Å²) in [6.45, 7) is 10.8. The Hall–Kier alpha value is -2.11. The molecule has 0 spiro atoms. The number of carbonyl (C=O) groups is 1. The highest BCUT2D eigenvalue weighted by molar-refractivity contribution is 5.94. The van der Waals surface area contributed by atoms with E-state index in [-0.39, 0.29) is 12.4 Å². The van der Waals surface area contributed by atoms with Crippen LogP contribution in [0, 0.1) is 0 Å². The summed E-state index contributed by atoms with van der Waals surface area (Å²) >= 11 is 0. The monoisotopic (exact) mass is 319 g/mol. The quantitative estimate of drug-likeness (QED) is 0.501. The Balaban J connectivity index is 2.64. The van der Waals surface area contributed by atoms with Crippen LogP contribution in [0.4, 0.5) is 0 Å². The molecule has 5 nitrogen and oxygen atoms in total. The van der Waals surface area contributed by atoms with Crippen molar-refractivity contribution >= 4 is 5.78 Å². The summed E-state index contributed by atoms with van der Waals surface area (Å²) in [7, 11) is 1.51. The standard InChI is InChI=1S/C18H25NO4/c1-5-9-19(10-6-2)12-16(21)13-23-17-8-7-15(14(3)20)11-18(17)22-4/h5-8,11,16,21H,1-2,9-10,12-13H2,3-4H3. The molecule has 1 aromatic rings. The van der Waals surface area contributed by atoms with Crippen molar-refractivity contribution in [1.29, 1.82) is 0 Å². The molecule has 0 aliphatic carbocycles. The summed E-state index contributed by atoms with van der Waals surface area (Å²) in [6, 6.07) is 4.98. The van der Waals surface area contributed by atoms with E-state index in [9.17, 15) is 9.90 Å². The molecule has 0 aromatic heterocycles. The lowest BCUT2D eigenvalue weighted by Crippen LogP contribution is -2.35. The molecule has 0 saturated heterocycles. The van der Waals surface area contributed by atoms with Gasteiger partial charge < -0.3 is 14.6 Å². The van der Waals surface area contributed by atoms with E-state index in [1.807, 2.05) is 4.90 Å². The van der Waals surface area contributed by atoms with Crippen LogP contribution in [0.1, 0.15) is 17.3 Å². The highest BCUT2D eigenvalue weighted by Crippen LogP contribution is 2.28. The first-order valence-electron chi connectivity index (χ1n) is 7.45. The van der Waals surface area contributed by atoms with E-state index in [4.69, 9.17) is 9.47 Å². The summed E-state index contributed by atoms with van der Waals surface area (Å²) in [6.07, 6.45) is 2.90. The SMILES string of the molecule is C=CCN(CC=C)CC(O)COc1ccc(C(C)=O)cc1OC. The minimum absolute atomic E-state index is 0.0422. The van der Waals surface area contributed by atoms with E-state index in [0.29, 0.717) is 36.7 Å². The average Bonchev–Trinajstić information content (AvgIpc) is 2.53. The van der Waals surface area contributed by atoms with Gasteiger partial charge in [-0.3, -0.25) is 9.69 Å². The van der Waals surface area contributed by atoms with Crippen LogP contribution in [0.2, 0.25) is 0 Å². The van der Waals surface area contributed by atoms with Crippen molar-refractivity contribution in [3.05, 3.63) is 49.1 Å². The van der Waals surface area contributed by atoms with Gasteiger partial charge >= 0.3 is 0 Å². The van der Waals surface area contributed by atoms with Crippen molar-refractivity contribution in [2.75, 3.05) is 33.4 Å². The Morgan fingerprint density at radius 2 is 1.96 bits per heavy atom. The maximum absolute atomic E-state index is 11.4. The maximum atomic E-state index is 11.4. The fraction of sp³-hybridized carbons (Fsp3) is 0.389. The first-order chi connectivity index (χ1) is 11.0. The molecular weight excluding hydrogens is 294 g/mol. The van der Waals surface area contributed by atoms with Gasteiger partial charge in [0.05, 0.1) is 7.11 Å². The van der Waals surface area contributed by atoms with Crippen LogP contribution in [0.15, 0.2) is 43.5 Å². The minimum Gasteiger partial charge on any atom is -0.493 e. The van der Waals surface area contributed by atoms with Crippen molar-refractivity contribution in [3.63, 3.8) is 0 Å². The molecule has 0 amide bonds. The van der Waals surface area contributed by atoms with Gasteiger partial charge in [-0.05, 0) is 25.1 Å². The number of rotatable bonds is 11. The molecule has 0 fully saturated rings. The summed E-state index contributed by atoms with van der Waals surface area (Å²) in [5, 5.41) is 10.1. The molecule has 1 rings (SSSR count). The number of ether oxygens (including phenoxy) is 2. The zero-order valence-electron chi connectivity index (χ0n) is 13.8. The lowest BCUT2D eigenvalue weighted by atomic mass is 10.1. The van der Waals surface area contributed by atoms with Crippen molar-refractivity contribution in [2.24, 2.45) is 0 Å². The molecule has 1 unspecified atom stereocenters. The molecule has 1 aromatic carbocycles. The van der Waals surface area contributed by atoms with Crippen molar-refractivity contribution in [2.45, 2.75) is 13.0 Å². The van der Waals surface area contributed by atoms with Crippen LogP contribution < -0.4 is 9.47 Å². The van der Waals surface area contributed by atoms with Crippen molar-refractivity contribution in [3.8, 4) is 11.5 Å². The number of methoxy groups -OCH3 is 1. The van der Waals surface area contributed by atoms with Crippen molar-refractivity contribution in [1.82, 2.24) is 4.90 Å². The van der Waals surface area contributed by atoms with E-state index < -0.39 is 6.10 Å². The molecule has 23 heavy (non-hydrogen) atoms. The van der Waals surface area contributed by atoms with Gasteiger partial charge in [0.25, 0.3) is 0 Å². The first-order valence-corrected chi connectivity index (χ1v) is 7.45. The summed E-state index contributed by atoms with van der Waals surface area (Å²) in [4.78, 5) is 13.4. The Bertz CT molecular complexity index is 532. The first kappa shape index (κ1) is 18.9. The van der Waals surface area contributed by atoms with E-state index in [2.05, 4.69) is 13.2 Å². The summed E-state index contributed by atoms with van der Waals surface area (Å²) in [5.74, 6) is 0.925.